The van der Waals surface area contributed by atoms with Crippen molar-refractivity contribution in [2.24, 2.45) is 0 Å². The van der Waals surface area contributed by atoms with Gasteiger partial charge in [-0.25, -0.2) is 0 Å². The SMILES string of the molecule is COc1cc(C(=O)N2CCNC(=O)C2)ccc1OCc1ccccc1. The molecule has 25 heavy (non-hydrogen) atoms. The number of nitrogens with one attached hydrogen (secondary N) is 1. The Balaban J connectivity index is 1.72. The summed E-state index contributed by atoms with van der Waals surface area (Å²) in [6.07, 6.45) is 0. The molecule has 0 aliphatic carbocycles. The molecule has 0 unspecified atom stereocenters. The Kier molecular flexibility index (Phi) is 5.18. The van der Waals surface area contributed by atoms with Gasteiger partial charge in [0.1, 0.15) is 6.61 Å². The number of methoxy groups -OCH3 is 1. The van der Waals surface area contributed by atoms with Crippen molar-refractivity contribution in [3.63, 3.8) is 0 Å². The summed E-state index contributed by atoms with van der Waals surface area (Å²) in [5.41, 5.74) is 1.52. The molecule has 2 aromatic carbocycles. The fourth-order valence-corrected chi connectivity index (χ4v) is 2.65. The molecule has 1 fully saturated rings. The summed E-state index contributed by atoms with van der Waals surface area (Å²) in [5, 5.41) is 2.70. The second kappa shape index (κ2) is 7.70. The summed E-state index contributed by atoms with van der Waals surface area (Å²) in [6.45, 7) is 1.46. The summed E-state index contributed by atoms with van der Waals surface area (Å²) in [7, 11) is 1.54. The van der Waals surface area contributed by atoms with Gasteiger partial charge < -0.3 is 19.7 Å². The van der Waals surface area contributed by atoms with Gasteiger partial charge in [-0.1, -0.05) is 30.3 Å². The number of benzene rings is 2. The van der Waals surface area contributed by atoms with Crippen molar-refractivity contribution in [1.82, 2.24) is 10.2 Å². The number of amides is 2. The lowest BCUT2D eigenvalue weighted by Gasteiger charge is -2.26. The van der Waals surface area contributed by atoms with Crippen molar-refractivity contribution in [3.8, 4) is 11.5 Å². The summed E-state index contributed by atoms with van der Waals surface area (Å²) >= 11 is 0. The van der Waals surface area contributed by atoms with Gasteiger partial charge in [-0.3, -0.25) is 9.59 Å². The van der Waals surface area contributed by atoms with Crippen molar-refractivity contribution >= 4 is 11.8 Å². The smallest absolute Gasteiger partial charge is 0.254 e. The Labute approximate surface area is 146 Å². The monoisotopic (exact) mass is 340 g/mol. The molecule has 6 heteroatoms. The van der Waals surface area contributed by atoms with Crippen LogP contribution in [0.1, 0.15) is 15.9 Å². The molecule has 130 valence electrons. The average Bonchev–Trinajstić information content (AvgIpc) is 2.66. The predicted octanol–water partition coefficient (Wildman–Crippen LogP) is 1.85. The number of carbonyl (C=O) groups is 2. The number of hydrogen-bond acceptors (Lipinski definition) is 4. The van der Waals surface area contributed by atoms with E-state index in [2.05, 4.69) is 5.32 Å². The van der Waals surface area contributed by atoms with Crippen LogP contribution in [-0.2, 0) is 11.4 Å². The van der Waals surface area contributed by atoms with Gasteiger partial charge in [-0.2, -0.15) is 0 Å². The first-order chi connectivity index (χ1) is 12.2. The van der Waals surface area contributed by atoms with E-state index >= 15 is 0 Å². The van der Waals surface area contributed by atoms with Gasteiger partial charge in [-0.15, -0.1) is 0 Å². The highest BCUT2D eigenvalue weighted by Crippen LogP contribution is 2.29. The molecule has 0 radical (unpaired) electrons. The molecular weight excluding hydrogens is 320 g/mol. The van der Waals surface area contributed by atoms with E-state index < -0.39 is 0 Å². The molecular formula is C19H20N2O4. The lowest BCUT2D eigenvalue weighted by Crippen LogP contribution is -2.49. The minimum Gasteiger partial charge on any atom is -0.493 e. The second-order valence-corrected chi connectivity index (χ2v) is 5.72. The van der Waals surface area contributed by atoms with Crippen LogP contribution in [0.4, 0.5) is 0 Å². The fraction of sp³-hybridized carbons (Fsp3) is 0.263. The van der Waals surface area contributed by atoms with Crippen LogP contribution in [0.25, 0.3) is 0 Å². The zero-order chi connectivity index (χ0) is 17.6. The topological polar surface area (TPSA) is 67.9 Å². The highest BCUT2D eigenvalue weighted by molar-refractivity contribution is 5.97. The first kappa shape index (κ1) is 16.8. The number of piperazine rings is 1. The Bertz CT molecular complexity index is 761. The van der Waals surface area contributed by atoms with Crippen molar-refractivity contribution in [2.45, 2.75) is 6.61 Å². The van der Waals surface area contributed by atoms with E-state index in [1.165, 1.54) is 12.0 Å². The van der Waals surface area contributed by atoms with E-state index in [-0.39, 0.29) is 18.4 Å². The Morgan fingerprint density at radius 2 is 1.96 bits per heavy atom. The molecule has 1 aliphatic rings. The Morgan fingerprint density at radius 3 is 2.68 bits per heavy atom. The minimum atomic E-state index is -0.192. The van der Waals surface area contributed by atoms with Crippen LogP contribution in [0, 0.1) is 0 Å². The third-order valence-corrected chi connectivity index (χ3v) is 3.97. The quantitative estimate of drug-likeness (QED) is 0.902. The van der Waals surface area contributed by atoms with Gasteiger partial charge in [0, 0.05) is 18.7 Å². The predicted molar refractivity (Wildman–Crippen MR) is 92.7 cm³/mol. The molecule has 2 aromatic rings. The standard InChI is InChI=1S/C19H20N2O4/c1-24-17-11-15(19(23)21-10-9-20-18(22)12-21)7-8-16(17)25-13-14-5-3-2-4-6-14/h2-8,11H,9-10,12-13H2,1H3,(H,20,22). The van der Waals surface area contributed by atoms with E-state index in [1.807, 2.05) is 30.3 Å². The summed E-state index contributed by atoms with van der Waals surface area (Å²) in [5.74, 6) is 0.722. The third kappa shape index (κ3) is 4.09. The van der Waals surface area contributed by atoms with Crippen LogP contribution in [0.2, 0.25) is 0 Å². The van der Waals surface area contributed by atoms with E-state index in [1.54, 1.807) is 18.2 Å². The zero-order valence-electron chi connectivity index (χ0n) is 14.0. The lowest BCUT2D eigenvalue weighted by atomic mass is 10.1. The van der Waals surface area contributed by atoms with Gasteiger partial charge in [-0.05, 0) is 23.8 Å². The van der Waals surface area contributed by atoms with Crippen LogP contribution in [0.15, 0.2) is 48.5 Å². The lowest BCUT2D eigenvalue weighted by molar-refractivity contribution is -0.123. The maximum atomic E-state index is 12.6. The zero-order valence-corrected chi connectivity index (χ0v) is 14.0. The van der Waals surface area contributed by atoms with E-state index in [9.17, 15) is 9.59 Å². The van der Waals surface area contributed by atoms with Gasteiger partial charge in [0.15, 0.2) is 11.5 Å². The highest BCUT2D eigenvalue weighted by atomic mass is 16.5. The average molecular weight is 340 g/mol. The van der Waals surface area contributed by atoms with Crippen molar-refractivity contribution in [3.05, 3.63) is 59.7 Å². The summed E-state index contributed by atoms with van der Waals surface area (Å²) in [6, 6.07) is 14.9. The van der Waals surface area contributed by atoms with E-state index in [4.69, 9.17) is 9.47 Å². The number of carbonyl (C=O) groups excluding carboxylic acids is 2. The molecule has 1 N–H and O–H groups in total. The normalized spacial score (nSPS) is 14.0. The van der Waals surface area contributed by atoms with Crippen LogP contribution in [0.3, 0.4) is 0 Å². The largest absolute Gasteiger partial charge is 0.493 e. The van der Waals surface area contributed by atoms with Crippen LogP contribution in [-0.4, -0.2) is 43.5 Å². The van der Waals surface area contributed by atoms with Gasteiger partial charge in [0.2, 0.25) is 5.91 Å². The highest BCUT2D eigenvalue weighted by Gasteiger charge is 2.23. The molecule has 6 nitrogen and oxygen atoms in total. The number of rotatable bonds is 5. The van der Waals surface area contributed by atoms with Gasteiger partial charge in [0.25, 0.3) is 5.91 Å². The maximum Gasteiger partial charge on any atom is 0.254 e. The van der Waals surface area contributed by atoms with Gasteiger partial charge >= 0.3 is 0 Å². The molecule has 0 atom stereocenters. The van der Waals surface area contributed by atoms with Gasteiger partial charge in [0.05, 0.1) is 13.7 Å². The van der Waals surface area contributed by atoms with Crippen molar-refractivity contribution < 1.29 is 19.1 Å². The summed E-state index contributed by atoms with van der Waals surface area (Å²) in [4.78, 5) is 25.5. The number of hydrogen-bond donors (Lipinski definition) is 1. The molecule has 1 aliphatic heterocycles. The van der Waals surface area contributed by atoms with Crippen LogP contribution in [0.5, 0.6) is 11.5 Å². The number of nitrogens with zero attached hydrogens (tertiary/aromatic N) is 1. The number of ether oxygens (including phenoxy) is 2. The molecule has 0 spiro atoms. The molecule has 3 rings (SSSR count). The first-order valence-electron chi connectivity index (χ1n) is 8.08. The van der Waals surface area contributed by atoms with Crippen molar-refractivity contribution in [1.29, 1.82) is 0 Å². The summed E-state index contributed by atoms with van der Waals surface area (Å²) < 4.78 is 11.2. The molecule has 1 saturated heterocycles. The van der Waals surface area contributed by atoms with E-state index in [0.29, 0.717) is 36.8 Å². The van der Waals surface area contributed by atoms with Crippen LogP contribution < -0.4 is 14.8 Å². The third-order valence-electron chi connectivity index (χ3n) is 3.97. The molecule has 0 bridgehead atoms. The van der Waals surface area contributed by atoms with Crippen molar-refractivity contribution in [2.75, 3.05) is 26.7 Å². The van der Waals surface area contributed by atoms with Crippen LogP contribution >= 0.6 is 0 Å². The first-order valence-corrected chi connectivity index (χ1v) is 8.08. The fourth-order valence-electron chi connectivity index (χ4n) is 2.65. The molecule has 0 aromatic heterocycles. The maximum absolute atomic E-state index is 12.6. The molecule has 1 heterocycles. The molecule has 0 saturated carbocycles. The Morgan fingerprint density at radius 1 is 1.16 bits per heavy atom. The minimum absolute atomic E-state index is 0.0768. The van der Waals surface area contributed by atoms with E-state index in [0.717, 1.165) is 5.56 Å². The second-order valence-electron chi connectivity index (χ2n) is 5.72. The Hall–Kier alpha value is -3.02. The molecule has 2 amide bonds.